The Labute approximate surface area is 141 Å². The van der Waals surface area contributed by atoms with E-state index in [1.54, 1.807) is 17.0 Å². The van der Waals surface area contributed by atoms with E-state index in [1.165, 1.54) is 12.4 Å². The molecule has 9 heteroatoms. The molecule has 1 fully saturated rings. The summed E-state index contributed by atoms with van der Waals surface area (Å²) in [5.41, 5.74) is 6.11. The van der Waals surface area contributed by atoms with Gasteiger partial charge in [-0.3, -0.25) is 9.63 Å². The first kappa shape index (κ1) is 18.1. The normalized spacial score (nSPS) is 16.1. The number of carbonyl (C=O) groups excluding carboxylic acids is 1. The van der Waals surface area contributed by atoms with E-state index in [0.717, 1.165) is 0 Å². The number of piperazine rings is 1. The number of nitriles is 1. The molecule has 1 aliphatic rings. The molecule has 0 aliphatic carbocycles. The van der Waals surface area contributed by atoms with Gasteiger partial charge in [-0.1, -0.05) is 0 Å². The van der Waals surface area contributed by atoms with E-state index < -0.39 is 0 Å². The lowest BCUT2D eigenvalue weighted by Crippen LogP contribution is -2.50. The third-order valence-corrected chi connectivity index (χ3v) is 3.64. The molecule has 0 spiro atoms. The van der Waals surface area contributed by atoms with Crippen LogP contribution in [0.5, 0.6) is 0 Å². The molecule has 1 saturated heterocycles. The smallest absolute Gasteiger partial charge is 0.250 e. The van der Waals surface area contributed by atoms with Crippen molar-refractivity contribution in [2.24, 2.45) is 5.73 Å². The lowest BCUT2D eigenvalue weighted by atomic mass is 10.3. The van der Waals surface area contributed by atoms with E-state index in [0.29, 0.717) is 44.2 Å². The van der Waals surface area contributed by atoms with Crippen molar-refractivity contribution in [3.05, 3.63) is 18.0 Å². The van der Waals surface area contributed by atoms with Crippen molar-refractivity contribution in [2.45, 2.75) is 13.0 Å². The molecule has 1 atom stereocenters. The van der Waals surface area contributed by atoms with Crippen LogP contribution in [0.15, 0.2) is 12.4 Å². The average molecular weight is 333 g/mol. The fourth-order valence-corrected chi connectivity index (χ4v) is 2.41. The van der Waals surface area contributed by atoms with Crippen LogP contribution in [0.4, 0.5) is 5.95 Å². The summed E-state index contributed by atoms with van der Waals surface area (Å²) in [6, 6.07) is 1.98. The predicted octanol–water partition coefficient (Wildman–Crippen LogP) is -0.793. The molecule has 0 radical (unpaired) electrons. The second-order valence-corrected chi connectivity index (χ2v) is 5.81. The summed E-state index contributed by atoms with van der Waals surface area (Å²) < 4.78 is 0. The second kappa shape index (κ2) is 8.54. The van der Waals surface area contributed by atoms with Crippen LogP contribution in [0.3, 0.4) is 0 Å². The molecule has 1 amide bonds. The summed E-state index contributed by atoms with van der Waals surface area (Å²) in [5, 5.41) is 10.3. The number of likely N-dealkylation sites (N-methyl/N-ethyl adjacent to an activating group) is 1. The molecule has 1 aliphatic heterocycles. The summed E-state index contributed by atoms with van der Waals surface area (Å²) >= 11 is 0. The molecule has 130 valence electrons. The maximum atomic E-state index is 12.2. The summed E-state index contributed by atoms with van der Waals surface area (Å²) in [7, 11) is 1.76. The van der Waals surface area contributed by atoms with Crippen molar-refractivity contribution in [3.8, 4) is 6.07 Å². The highest BCUT2D eigenvalue weighted by atomic mass is 16.7. The Morgan fingerprint density at radius 2 is 2.04 bits per heavy atom. The van der Waals surface area contributed by atoms with Gasteiger partial charge in [0.2, 0.25) is 5.95 Å². The van der Waals surface area contributed by atoms with Gasteiger partial charge in [0.1, 0.15) is 12.7 Å². The van der Waals surface area contributed by atoms with Crippen molar-refractivity contribution in [1.29, 1.82) is 5.26 Å². The number of carbonyl (C=O) groups is 1. The minimum Gasteiger partial charge on any atom is -0.337 e. The summed E-state index contributed by atoms with van der Waals surface area (Å²) in [6.45, 7) is 4.92. The number of anilines is 1. The van der Waals surface area contributed by atoms with Gasteiger partial charge in [-0.2, -0.15) is 10.3 Å². The van der Waals surface area contributed by atoms with E-state index in [-0.39, 0.29) is 18.6 Å². The average Bonchev–Trinajstić information content (AvgIpc) is 2.59. The molecule has 0 aromatic carbocycles. The third-order valence-electron chi connectivity index (χ3n) is 3.64. The molecule has 1 aromatic heterocycles. The zero-order valence-corrected chi connectivity index (χ0v) is 14.1. The van der Waals surface area contributed by atoms with E-state index in [4.69, 9.17) is 15.8 Å². The molecule has 24 heavy (non-hydrogen) atoms. The van der Waals surface area contributed by atoms with Gasteiger partial charge in [0, 0.05) is 45.8 Å². The Morgan fingerprint density at radius 1 is 1.42 bits per heavy atom. The first-order valence-corrected chi connectivity index (χ1v) is 7.84. The number of rotatable bonds is 6. The molecular formula is C15H23N7O2. The van der Waals surface area contributed by atoms with Gasteiger partial charge in [-0.25, -0.2) is 9.97 Å². The summed E-state index contributed by atoms with van der Waals surface area (Å²) in [5.74, 6) is 0.529. The van der Waals surface area contributed by atoms with Gasteiger partial charge in [0.05, 0.1) is 18.0 Å². The molecule has 0 saturated carbocycles. The maximum absolute atomic E-state index is 12.2. The fourth-order valence-electron chi connectivity index (χ4n) is 2.41. The van der Waals surface area contributed by atoms with Crippen molar-refractivity contribution in [1.82, 2.24) is 19.9 Å². The zero-order chi connectivity index (χ0) is 17.5. The molecule has 0 unspecified atom stereocenters. The van der Waals surface area contributed by atoms with Gasteiger partial charge < -0.3 is 15.5 Å². The summed E-state index contributed by atoms with van der Waals surface area (Å²) in [6.07, 6.45) is 3.00. The van der Waals surface area contributed by atoms with Crippen LogP contribution in [0.2, 0.25) is 0 Å². The molecule has 2 heterocycles. The van der Waals surface area contributed by atoms with Crippen molar-refractivity contribution in [2.75, 3.05) is 51.3 Å². The van der Waals surface area contributed by atoms with Crippen molar-refractivity contribution in [3.63, 3.8) is 0 Å². The second-order valence-electron chi connectivity index (χ2n) is 5.81. The van der Waals surface area contributed by atoms with Crippen LogP contribution in [0.25, 0.3) is 0 Å². The minimum absolute atomic E-state index is 0.0105. The predicted molar refractivity (Wildman–Crippen MR) is 87.8 cm³/mol. The molecule has 2 N–H and O–H groups in total. The van der Waals surface area contributed by atoms with Crippen LogP contribution in [-0.4, -0.2) is 78.3 Å². The number of hydrogen-bond acceptors (Lipinski definition) is 8. The van der Waals surface area contributed by atoms with E-state index >= 15 is 0 Å². The monoisotopic (exact) mass is 333 g/mol. The number of nitrogens with zero attached hydrogens (tertiary/aromatic N) is 6. The number of nitrogens with two attached hydrogens (primary N) is 1. The van der Waals surface area contributed by atoms with E-state index in [1.807, 2.05) is 17.9 Å². The van der Waals surface area contributed by atoms with Gasteiger partial charge in [0.15, 0.2) is 0 Å². The van der Waals surface area contributed by atoms with Gasteiger partial charge in [-0.05, 0) is 6.92 Å². The van der Waals surface area contributed by atoms with Crippen LogP contribution in [0, 0.1) is 11.3 Å². The first-order chi connectivity index (χ1) is 11.5. The lowest BCUT2D eigenvalue weighted by molar-refractivity contribution is -0.168. The number of hydroxylamine groups is 2. The molecule has 0 bridgehead atoms. The molecular weight excluding hydrogens is 310 g/mol. The van der Waals surface area contributed by atoms with E-state index in [9.17, 15) is 4.79 Å². The van der Waals surface area contributed by atoms with E-state index in [2.05, 4.69) is 9.97 Å². The van der Waals surface area contributed by atoms with Crippen LogP contribution < -0.4 is 10.6 Å². The summed E-state index contributed by atoms with van der Waals surface area (Å²) in [4.78, 5) is 29.7. The minimum atomic E-state index is -0.0491. The highest BCUT2D eigenvalue weighted by Gasteiger charge is 2.23. The standard InChI is InChI=1S/C15H23N7O2/c1-12(17)10-20(2)24-11-14(23)21-3-5-22(6-4-21)15-18-8-13(7-16)9-19-15/h8-9,12H,3-6,10-11,17H2,1-2H3/t12-/m0/s1. The Morgan fingerprint density at radius 3 is 2.58 bits per heavy atom. The van der Waals surface area contributed by atoms with Crippen LogP contribution in [0.1, 0.15) is 12.5 Å². The Bertz CT molecular complexity index is 576. The van der Waals surface area contributed by atoms with Gasteiger partial charge in [0.25, 0.3) is 5.91 Å². The number of aromatic nitrogens is 2. The lowest BCUT2D eigenvalue weighted by Gasteiger charge is -2.34. The van der Waals surface area contributed by atoms with Gasteiger partial charge in [-0.15, -0.1) is 0 Å². The fraction of sp³-hybridized carbons (Fsp3) is 0.600. The number of hydrogen-bond donors (Lipinski definition) is 1. The Balaban J connectivity index is 1.77. The third kappa shape index (κ3) is 5.13. The molecule has 2 rings (SSSR count). The quantitative estimate of drug-likeness (QED) is 0.674. The van der Waals surface area contributed by atoms with Crippen LogP contribution >= 0.6 is 0 Å². The Hall–Kier alpha value is -2.28. The highest BCUT2D eigenvalue weighted by Crippen LogP contribution is 2.11. The van der Waals surface area contributed by atoms with Crippen molar-refractivity contribution < 1.29 is 9.63 Å². The SMILES string of the molecule is C[C@H](N)CN(C)OCC(=O)N1CCN(c2ncc(C#N)cn2)CC1. The zero-order valence-electron chi connectivity index (χ0n) is 14.1. The first-order valence-electron chi connectivity index (χ1n) is 7.84. The van der Waals surface area contributed by atoms with Crippen molar-refractivity contribution >= 4 is 11.9 Å². The highest BCUT2D eigenvalue weighted by molar-refractivity contribution is 5.77. The number of amides is 1. The van der Waals surface area contributed by atoms with Crippen LogP contribution in [-0.2, 0) is 9.63 Å². The topological polar surface area (TPSA) is 112 Å². The maximum Gasteiger partial charge on any atom is 0.250 e. The largest absolute Gasteiger partial charge is 0.337 e. The molecule has 1 aromatic rings. The molecule has 9 nitrogen and oxygen atoms in total. The Kier molecular flexibility index (Phi) is 6.43. The van der Waals surface area contributed by atoms with Gasteiger partial charge >= 0.3 is 0 Å².